The second kappa shape index (κ2) is 6.55. The van der Waals surface area contributed by atoms with Crippen LogP contribution in [0.2, 0.25) is 0 Å². The van der Waals surface area contributed by atoms with Crippen molar-refractivity contribution in [1.82, 2.24) is 4.90 Å². The average Bonchev–Trinajstić information content (AvgIpc) is 2.40. The third-order valence-electron chi connectivity index (χ3n) is 3.47. The molecule has 18 heavy (non-hydrogen) atoms. The van der Waals surface area contributed by atoms with Crippen molar-refractivity contribution < 1.29 is 9.53 Å². The summed E-state index contributed by atoms with van der Waals surface area (Å²) in [5.41, 5.74) is 0. The Balaban J connectivity index is 1.79. The number of piperidine rings is 1. The van der Waals surface area contributed by atoms with Crippen LogP contribution in [0.1, 0.15) is 26.2 Å². The Bertz CT molecular complexity index is 377. The molecule has 3 nitrogen and oxygen atoms in total. The van der Waals surface area contributed by atoms with E-state index < -0.39 is 0 Å². The van der Waals surface area contributed by atoms with E-state index in [-0.39, 0.29) is 11.8 Å². The molecule has 0 bridgehead atoms. The molecule has 1 aromatic carbocycles. The Kier molecular flexibility index (Phi) is 4.76. The van der Waals surface area contributed by atoms with Crippen LogP contribution >= 0.6 is 0 Å². The smallest absolute Gasteiger partial charge is 0.146 e. The van der Waals surface area contributed by atoms with Gasteiger partial charge in [-0.1, -0.05) is 24.6 Å². The highest BCUT2D eigenvalue weighted by Crippen LogP contribution is 2.17. The molecular formula is C15H21NO2. The first-order valence-corrected chi connectivity index (χ1v) is 6.70. The molecule has 1 fully saturated rings. The van der Waals surface area contributed by atoms with Gasteiger partial charge >= 0.3 is 0 Å². The number of likely N-dealkylation sites (tertiary alicyclic amines) is 1. The number of nitrogens with zero attached hydrogens (tertiary/aromatic N) is 1. The number of para-hydroxylation sites is 1. The molecule has 3 heteroatoms. The summed E-state index contributed by atoms with van der Waals surface area (Å²) in [6.07, 6.45) is 3.36. The van der Waals surface area contributed by atoms with E-state index in [1.807, 2.05) is 30.3 Å². The standard InChI is InChI=1S/C15H21NO2/c1-13(17)15-9-5-6-10-16(15)11-12-18-14-7-3-2-4-8-14/h2-4,7-8,15H,5-6,9-12H2,1H3. The Hall–Kier alpha value is -1.35. The molecule has 1 aliphatic heterocycles. The van der Waals surface area contributed by atoms with Crippen molar-refractivity contribution in [3.8, 4) is 5.75 Å². The summed E-state index contributed by atoms with van der Waals surface area (Å²) in [4.78, 5) is 13.8. The number of ketones is 1. The fraction of sp³-hybridized carbons (Fsp3) is 0.533. The normalized spacial score (nSPS) is 20.6. The Morgan fingerprint density at radius 3 is 2.83 bits per heavy atom. The predicted molar refractivity (Wildman–Crippen MR) is 71.8 cm³/mol. The van der Waals surface area contributed by atoms with E-state index in [2.05, 4.69) is 4.90 Å². The van der Waals surface area contributed by atoms with E-state index in [1.54, 1.807) is 6.92 Å². The Labute approximate surface area is 109 Å². The Morgan fingerprint density at radius 2 is 2.11 bits per heavy atom. The van der Waals surface area contributed by atoms with Gasteiger partial charge in [-0.15, -0.1) is 0 Å². The van der Waals surface area contributed by atoms with Gasteiger partial charge in [0.2, 0.25) is 0 Å². The molecule has 98 valence electrons. The number of carbonyl (C=O) groups is 1. The van der Waals surface area contributed by atoms with Crippen LogP contribution in [0.25, 0.3) is 0 Å². The monoisotopic (exact) mass is 247 g/mol. The number of rotatable bonds is 5. The lowest BCUT2D eigenvalue weighted by Crippen LogP contribution is -2.45. The molecule has 1 heterocycles. The van der Waals surface area contributed by atoms with Crippen molar-refractivity contribution in [3.63, 3.8) is 0 Å². The molecule has 0 radical (unpaired) electrons. The maximum absolute atomic E-state index is 11.6. The molecule has 1 atom stereocenters. The minimum Gasteiger partial charge on any atom is -0.492 e. The number of hydrogen-bond acceptors (Lipinski definition) is 3. The first-order valence-electron chi connectivity index (χ1n) is 6.70. The predicted octanol–water partition coefficient (Wildman–Crippen LogP) is 2.51. The molecule has 0 saturated carbocycles. The molecule has 0 aromatic heterocycles. The molecule has 0 spiro atoms. The van der Waals surface area contributed by atoms with Gasteiger partial charge in [0.05, 0.1) is 6.04 Å². The van der Waals surface area contributed by atoms with E-state index in [0.717, 1.165) is 25.3 Å². The molecule has 1 saturated heterocycles. The van der Waals surface area contributed by atoms with Crippen LogP contribution in [-0.4, -0.2) is 36.4 Å². The molecule has 2 rings (SSSR count). The van der Waals surface area contributed by atoms with Gasteiger partial charge in [-0.2, -0.15) is 0 Å². The van der Waals surface area contributed by atoms with Crippen LogP contribution in [0.15, 0.2) is 30.3 Å². The number of Topliss-reactive ketones (excluding diaryl/α,β-unsaturated/α-hetero) is 1. The van der Waals surface area contributed by atoms with Crippen LogP contribution in [0.3, 0.4) is 0 Å². The minimum atomic E-state index is 0.109. The summed E-state index contributed by atoms with van der Waals surface area (Å²) in [6.45, 7) is 4.19. The van der Waals surface area contributed by atoms with Crippen LogP contribution in [0, 0.1) is 0 Å². The van der Waals surface area contributed by atoms with Gasteiger partial charge in [0.25, 0.3) is 0 Å². The lowest BCUT2D eigenvalue weighted by atomic mass is 9.99. The topological polar surface area (TPSA) is 29.5 Å². The first-order chi connectivity index (χ1) is 8.77. The van der Waals surface area contributed by atoms with Crippen LogP contribution in [-0.2, 0) is 4.79 Å². The SMILES string of the molecule is CC(=O)C1CCCCN1CCOc1ccccc1. The molecular weight excluding hydrogens is 226 g/mol. The zero-order valence-corrected chi connectivity index (χ0v) is 11.0. The van der Waals surface area contributed by atoms with Crippen molar-refractivity contribution in [2.24, 2.45) is 0 Å². The van der Waals surface area contributed by atoms with Gasteiger partial charge < -0.3 is 4.74 Å². The van der Waals surface area contributed by atoms with Crippen molar-refractivity contribution in [2.75, 3.05) is 19.7 Å². The third kappa shape index (κ3) is 3.57. The third-order valence-corrected chi connectivity index (χ3v) is 3.47. The van der Waals surface area contributed by atoms with Gasteiger partial charge in [-0.05, 0) is 38.4 Å². The van der Waals surface area contributed by atoms with E-state index in [9.17, 15) is 4.79 Å². The zero-order chi connectivity index (χ0) is 12.8. The largest absolute Gasteiger partial charge is 0.492 e. The highest BCUT2D eigenvalue weighted by Gasteiger charge is 2.25. The first kappa shape index (κ1) is 13.1. The van der Waals surface area contributed by atoms with E-state index in [4.69, 9.17) is 4.74 Å². The van der Waals surface area contributed by atoms with Crippen LogP contribution < -0.4 is 4.74 Å². The second-order valence-electron chi connectivity index (χ2n) is 4.82. The van der Waals surface area contributed by atoms with Gasteiger partial charge in [0.15, 0.2) is 0 Å². The summed E-state index contributed by atoms with van der Waals surface area (Å²) in [7, 11) is 0. The number of hydrogen-bond donors (Lipinski definition) is 0. The maximum atomic E-state index is 11.6. The van der Waals surface area contributed by atoms with Crippen molar-refractivity contribution in [2.45, 2.75) is 32.2 Å². The number of ether oxygens (including phenoxy) is 1. The highest BCUT2D eigenvalue weighted by atomic mass is 16.5. The second-order valence-corrected chi connectivity index (χ2v) is 4.82. The molecule has 0 N–H and O–H groups in total. The maximum Gasteiger partial charge on any atom is 0.146 e. The van der Waals surface area contributed by atoms with Crippen LogP contribution in [0.4, 0.5) is 0 Å². The van der Waals surface area contributed by atoms with Gasteiger partial charge in [-0.25, -0.2) is 0 Å². The summed E-state index contributed by atoms with van der Waals surface area (Å²) in [5, 5.41) is 0. The summed E-state index contributed by atoms with van der Waals surface area (Å²) in [5.74, 6) is 1.18. The van der Waals surface area contributed by atoms with E-state index >= 15 is 0 Å². The highest BCUT2D eigenvalue weighted by molar-refractivity contribution is 5.81. The summed E-state index contributed by atoms with van der Waals surface area (Å²) >= 11 is 0. The van der Waals surface area contributed by atoms with E-state index in [1.165, 1.54) is 12.8 Å². The van der Waals surface area contributed by atoms with Gasteiger partial charge in [-0.3, -0.25) is 9.69 Å². The quantitative estimate of drug-likeness (QED) is 0.800. The number of benzene rings is 1. The van der Waals surface area contributed by atoms with Crippen LogP contribution in [0.5, 0.6) is 5.75 Å². The van der Waals surface area contributed by atoms with Crippen molar-refractivity contribution in [1.29, 1.82) is 0 Å². The molecule has 1 unspecified atom stereocenters. The number of carbonyl (C=O) groups excluding carboxylic acids is 1. The fourth-order valence-electron chi connectivity index (χ4n) is 2.52. The summed E-state index contributed by atoms with van der Waals surface area (Å²) in [6, 6.07) is 9.93. The minimum absolute atomic E-state index is 0.109. The lowest BCUT2D eigenvalue weighted by Gasteiger charge is -2.33. The van der Waals surface area contributed by atoms with Crippen molar-refractivity contribution >= 4 is 5.78 Å². The fourth-order valence-corrected chi connectivity index (χ4v) is 2.52. The van der Waals surface area contributed by atoms with Gasteiger partial charge in [0, 0.05) is 6.54 Å². The molecule has 0 amide bonds. The summed E-state index contributed by atoms with van der Waals surface area (Å²) < 4.78 is 5.68. The lowest BCUT2D eigenvalue weighted by molar-refractivity contribution is -0.123. The van der Waals surface area contributed by atoms with E-state index in [0.29, 0.717) is 6.61 Å². The molecule has 1 aromatic rings. The zero-order valence-electron chi connectivity index (χ0n) is 11.0. The molecule has 1 aliphatic rings. The molecule has 0 aliphatic carbocycles. The van der Waals surface area contributed by atoms with Gasteiger partial charge in [0.1, 0.15) is 18.1 Å². The van der Waals surface area contributed by atoms with Crippen molar-refractivity contribution in [3.05, 3.63) is 30.3 Å². The average molecular weight is 247 g/mol. The Morgan fingerprint density at radius 1 is 1.33 bits per heavy atom.